The van der Waals surface area contributed by atoms with Crippen LogP contribution in [0.5, 0.6) is 0 Å². The number of hydrogen-bond acceptors (Lipinski definition) is 2. The van der Waals surface area contributed by atoms with E-state index in [1.54, 1.807) is 0 Å². The van der Waals surface area contributed by atoms with E-state index < -0.39 is 11.8 Å². The SMILES string of the molecule is Cc1cccc(-c2cc(C(=O)O)c3cc(F)ccc3n2)c1. The van der Waals surface area contributed by atoms with Crippen LogP contribution in [0.4, 0.5) is 4.39 Å². The minimum Gasteiger partial charge on any atom is -0.478 e. The number of nitrogens with zero attached hydrogens (tertiary/aromatic N) is 1. The van der Waals surface area contributed by atoms with Gasteiger partial charge >= 0.3 is 5.97 Å². The number of aromatic carboxylic acids is 1. The zero-order valence-corrected chi connectivity index (χ0v) is 11.3. The fourth-order valence-corrected chi connectivity index (χ4v) is 2.33. The third kappa shape index (κ3) is 2.48. The van der Waals surface area contributed by atoms with Gasteiger partial charge in [-0.1, -0.05) is 23.8 Å². The van der Waals surface area contributed by atoms with E-state index in [-0.39, 0.29) is 5.56 Å². The first kappa shape index (κ1) is 13.2. The van der Waals surface area contributed by atoms with Crippen molar-refractivity contribution in [3.8, 4) is 11.3 Å². The fraction of sp³-hybridized carbons (Fsp3) is 0.0588. The van der Waals surface area contributed by atoms with Crippen molar-refractivity contribution in [2.45, 2.75) is 6.92 Å². The minimum absolute atomic E-state index is 0.0519. The molecule has 0 fully saturated rings. The molecule has 1 aromatic heterocycles. The molecule has 0 unspecified atom stereocenters. The largest absolute Gasteiger partial charge is 0.478 e. The Labute approximate surface area is 120 Å². The average Bonchev–Trinajstić information content (AvgIpc) is 2.46. The lowest BCUT2D eigenvalue weighted by molar-refractivity contribution is 0.0699. The van der Waals surface area contributed by atoms with Crippen LogP contribution in [0, 0.1) is 12.7 Å². The molecule has 0 spiro atoms. The van der Waals surface area contributed by atoms with Gasteiger partial charge in [0, 0.05) is 10.9 Å². The van der Waals surface area contributed by atoms with Crippen molar-refractivity contribution in [3.05, 3.63) is 65.5 Å². The summed E-state index contributed by atoms with van der Waals surface area (Å²) in [4.78, 5) is 15.9. The van der Waals surface area contributed by atoms with Gasteiger partial charge in [0.15, 0.2) is 0 Å². The molecule has 21 heavy (non-hydrogen) atoms. The first-order valence-electron chi connectivity index (χ1n) is 6.45. The van der Waals surface area contributed by atoms with E-state index in [9.17, 15) is 14.3 Å². The van der Waals surface area contributed by atoms with Gasteiger partial charge in [0.1, 0.15) is 5.82 Å². The van der Waals surface area contributed by atoms with E-state index in [0.29, 0.717) is 16.6 Å². The zero-order valence-electron chi connectivity index (χ0n) is 11.3. The molecule has 1 heterocycles. The molecule has 3 rings (SSSR count). The van der Waals surface area contributed by atoms with Crippen molar-refractivity contribution in [3.63, 3.8) is 0 Å². The number of hydrogen-bond donors (Lipinski definition) is 1. The average molecular weight is 281 g/mol. The van der Waals surface area contributed by atoms with Crippen molar-refractivity contribution in [1.82, 2.24) is 4.98 Å². The highest BCUT2D eigenvalue weighted by Gasteiger charge is 2.13. The summed E-state index contributed by atoms with van der Waals surface area (Å²) < 4.78 is 13.3. The predicted octanol–water partition coefficient (Wildman–Crippen LogP) is 4.05. The molecular weight excluding hydrogens is 269 g/mol. The van der Waals surface area contributed by atoms with E-state index in [4.69, 9.17) is 0 Å². The maximum absolute atomic E-state index is 13.3. The van der Waals surface area contributed by atoms with Crippen LogP contribution in [-0.4, -0.2) is 16.1 Å². The first-order chi connectivity index (χ1) is 10.0. The van der Waals surface area contributed by atoms with E-state index in [1.807, 2.05) is 31.2 Å². The third-order valence-corrected chi connectivity index (χ3v) is 3.31. The summed E-state index contributed by atoms with van der Waals surface area (Å²) in [6.45, 7) is 1.96. The van der Waals surface area contributed by atoms with Crippen molar-refractivity contribution in [2.24, 2.45) is 0 Å². The first-order valence-corrected chi connectivity index (χ1v) is 6.45. The number of benzene rings is 2. The molecule has 0 saturated carbocycles. The molecule has 3 aromatic rings. The molecule has 0 aliphatic heterocycles. The summed E-state index contributed by atoms with van der Waals surface area (Å²) in [5, 5.41) is 9.65. The van der Waals surface area contributed by atoms with Crippen LogP contribution < -0.4 is 0 Å². The Kier molecular flexibility index (Phi) is 3.14. The second-order valence-electron chi connectivity index (χ2n) is 4.89. The molecular formula is C17H12FNO2. The van der Waals surface area contributed by atoms with Gasteiger partial charge < -0.3 is 5.11 Å². The van der Waals surface area contributed by atoms with E-state index in [2.05, 4.69) is 4.98 Å². The van der Waals surface area contributed by atoms with E-state index >= 15 is 0 Å². The topological polar surface area (TPSA) is 50.2 Å². The second-order valence-corrected chi connectivity index (χ2v) is 4.89. The van der Waals surface area contributed by atoms with Gasteiger partial charge in [-0.3, -0.25) is 0 Å². The van der Waals surface area contributed by atoms with Crippen LogP contribution in [0.15, 0.2) is 48.5 Å². The highest BCUT2D eigenvalue weighted by atomic mass is 19.1. The van der Waals surface area contributed by atoms with E-state index in [0.717, 1.165) is 11.1 Å². The van der Waals surface area contributed by atoms with Gasteiger partial charge in [-0.25, -0.2) is 14.2 Å². The Morgan fingerprint density at radius 2 is 1.95 bits per heavy atom. The number of carboxylic acid groups (broad SMARTS) is 1. The van der Waals surface area contributed by atoms with Gasteiger partial charge in [-0.2, -0.15) is 0 Å². The lowest BCUT2D eigenvalue weighted by Crippen LogP contribution is -2.00. The highest BCUT2D eigenvalue weighted by Crippen LogP contribution is 2.26. The number of pyridine rings is 1. The van der Waals surface area contributed by atoms with Crippen LogP contribution >= 0.6 is 0 Å². The lowest BCUT2D eigenvalue weighted by Gasteiger charge is -2.08. The normalized spacial score (nSPS) is 10.8. The smallest absolute Gasteiger partial charge is 0.336 e. The van der Waals surface area contributed by atoms with Crippen LogP contribution in [0.1, 0.15) is 15.9 Å². The quantitative estimate of drug-likeness (QED) is 0.771. The molecule has 3 nitrogen and oxygen atoms in total. The lowest BCUT2D eigenvalue weighted by atomic mass is 10.0. The number of carbonyl (C=O) groups is 1. The Bertz CT molecular complexity index is 859. The van der Waals surface area contributed by atoms with Crippen molar-refractivity contribution in [2.75, 3.05) is 0 Å². The monoisotopic (exact) mass is 281 g/mol. The number of rotatable bonds is 2. The Morgan fingerprint density at radius 1 is 1.14 bits per heavy atom. The molecule has 0 saturated heterocycles. The third-order valence-electron chi connectivity index (χ3n) is 3.31. The van der Waals surface area contributed by atoms with Crippen LogP contribution in [0.2, 0.25) is 0 Å². The molecule has 0 aliphatic carbocycles. The molecule has 104 valence electrons. The standard InChI is InChI=1S/C17H12FNO2/c1-10-3-2-4-11(7-10)16-9-14(17(20)21)13-8-12(18)5-6-15(13)19-16/h2-9H,1H3,(H,20,21). The predicted molar refractivity (Wildman–Crippen MR) is 78.8 cm³/mol. The van der Waals surface area contributed by atoms with Gasteiger partial charge in [0.25, 0.3) is 0 Å². The number of aromatic nitrogens is 1. The fourth-order valence-electron chi connectivity index (χ4n) is 2.33. The summed E-state index contributed by atoms with van der Waals surface area (Å²) >= 11 is 0. The minimum atomic E-state index is -1.10. The van der Waals surface area contributed by atoms with Gasteiger partial charge in [-0.05, 0) is 37.3 Å². The number of fused-ring (bicyclic) bond motifs is 1. The van der Waals surface area contributed by atoms with Crippen molar-refractivity contribution in [1.29, 1.82) is 0 Å². The van der Waals surface area contributed by atoms with Gasteiger partial charge in [0.05, 0.1) is 16.8 Å². The maximum atomic E-state index is 13.3. The summed E-state index contributed by atoms with van der Waals surface area (Å²) in [5.74, 6) is -1.57. The van der Waals surface area contributed by atoms with Crippen LogP contribution in [0.25, 0.3) is 22.2 Å². The Balaban J connectivity index is 2.31. The zero-order chi connectivity index (χ0) is 15.0. The number of carboxylic acids is 1. The molecule has 4 heteroatoms. The van der Waals surface area contributed by atoms with Gasteiger partial charge in [-0.15, -0.1) is 0 Å². The maximum Gasteiger partial charge on any atom is 0.336 e. The van der Waals surface area contributed by atoms with Crippen LogP contribution in [-0.2, 0) is 0 Å². The number of aryl methyl sites for hydroxylation is 1. The van der Waals surface area contributed by atoms with Crippen molar-refractivity contribution < 1.29 is 14.3 Å². The molecule has 0 amide bonds. The van der Waals surface area contributed by atoms with Crippen LogP contribution in [0.3, 0.4) is 0 Å². The summed E-state index contributed by atoms with van der Waals surface area (Å²) in [6.07, 6.45) is 0. The van der Waals surface area contributed by atoms with E-state index in [1.165, 1.54) is 24.3 Å². The Morgan fingerprint density at radius 3 is 2.67 bits per heavy atom. The Hall–Kier alpha value is -2.75. The summed E-state index contributed by atoms with van der Waals surface area (Å²) in [7, 11) is 0. The summed E-state index contributed by atoms with van der Waals surface area (Å²) in [5.41, 5.74) is 2.98. The summed E-state index contributed by atoms with van der Waals surface area (Å²) in [6, 6.07) is 13.1. The molecule has 0 radical (unpaired) electrons. The molecule has 2 aromatic carbocycles. The highest BCUT2D eigenvalue weighted by molar-refractivity contribution is 6.03. The molecule has 0 aliphatic rings. The molecule has 0 bridgehead atoms. The second kappa shape index (κ2) is 4.98. The molecule has 1 N–H and O–H groups in total. The molecule has 0 atom stereocenters. The number of halogens is 1. The van der Waals surface area contributed by atoms with Crippen molar-refractivity contribution >= 4 is 16.9 Å². The van der Waals surface area contributed by atoms with Gasteiger partial charge in [0.2, 0.25) is 0 Å².